The molecule has 8 nitrogen and oxygen atoms in total. The van der Waals surface area contributed by atoms with Gasteiger partial charge in [0, 0.05) is 38.3 Å². The quantitative estimate of drug-likeness (QED) is 0.607. The van der Waals surface area contributed by atoms with Gasteiger partial charge >= 0.3 is 0 Å². The third kappa shape index (κ3) is 4.63. The number of piperazine rings is 1. The average Bonchev–Trinajstić information content (AvgIpc) is 3.51. The van der Waals surface area contributed by atoms with E-state index in [9.17, 15) is 13.2 Å². The molecule has 4 rings (SSSR count). The molecular formula is C22H29N3O5S2. The first-order chi connectivity index (χ1) is 15.4. The molecule has 1 aromatic carbocycles. The Balaban J connectivity index is 1.39. The van der Waals surface area contributed by atoms with Crippen molar-refractivity contribution in [1.29, 1.82) is 0 Å². The molecule has 0 bridgehead atoms. The molecule has 0 aliphatic carbocycles. The third-order valence-corrected chi connectivity index (χ3v) is 9.42. The van der Waals surface area contributed by atoms with Gasteiger partial charge in [0.05, 0.1) is 26.8 Å². The van der Waals surface area contributed by atoms with Crippen LogP contribution in [0.25, 0.3) is 0 Å². The fraction of sp³-hybridized carbons (Fsp3) is 0.500. The first-order valence-corrected chi connectivity index (χ1v) is 13.0. The van der Waals surface area contributed by atoms with Crippen molar-refractivity contribution in [3.05, 3.63) is 41.3 Å². The molecule has 2 aromatic rings. The van der Waals surface area contributed by atoms with E-state index in [1.807, 2.05) is 28.0 Å². The van der Waals surface area contributed by atoms with Crippen LogP contribution >= 0.6 is 11.3 Å². The summed E-state index contributed by atoms with van der Waals surface area (Å²) in [6.45, 7) is 2.85. The lowest BCUT2D eigenvalue weighted by Crippen LogP contribution is -2.51. The summed E-state index contributed by atoms with van der Waals surface area (Å²) in [5.74, 6) is 1.55. The Morgan fingerprint density at radius 2 is 1.88 bits per heavy atom. The van der Waals surface area contributed by atoms with Crippen LogP contribution in [0.2, 0.25) is 0 Å². The number of likely N-dealkylation sites (tertiary alicyclic amines) is 1. The molecule has 174 valence electrons. The van der Waals surface area contributed by atoms with Gasteiger partial charge in [0.1, 0.15) is 15.7 Å². The number of rotatable bonds is 7. The number of ether oxygens (including phenoxy) is 2. The highest BCUT2D eigenvalue weighted by Crippen LogP contribution is 2.39. The summed E-state index contributed by atoms with van der Waals surface area (Å²) >= 11 is 1.23. The maximum absolute atomic E-state index is 13.2. The molecule has 1 unspecified atom stereocenters. The number of carbonyl (C=O) groups excluding carboxylic acids is 1. The lowest BCUT2D eigenvalue weighted by Gasteiger charge is -2.35. The van der Waals surface area contributed by atoms with Gasteiger partial charge in [-0.2, -0.15) is 4.31 Å². The second-order valence-electron chi connectivity index (χ2n) is 7.97. The Morgan fingerprint density at radius 3 is 2.53 bits per heavy atom. The van der Waals surface area contributed by atoms with Crippen LogP contribution in [0, 0.1) is 0 Å². The SMILES string of the molecule is COc1ccc(OC)c(C2CCCN2C(=O)CN2CCN(S(=O)(=O)c3cccs3)CC2)c1. The van der Waals surface area contributed by atoms with Gasteiger partial charge in [0.25, 0.3) is 10.0 Å². The lowest BCUT2D eigenvalue weighted by molar-refractivity contribution is -0.133. The number of carbonyl (C=O) groups is 1. The summed E-state index contributed by atoms with van der Waals surface area (Å²) in [6.07, 6.45) is 1.81. The molecule has 10 heteroatoms. The maximum Gasteiger partial charge on any atom is 0.252 e. The minimum atomic E-state index is -3.44. The summed E-state index contributed by atoms with van der Waals surface area (Å²) in [5.41, 5.74) is 0.963. The van der Waals surface area contributed by atoms with Crippen molar-refractivity contribution in [2.75, 3.05) is 53.5 Å². The molecule has 2 saturated heterocycles. The molecule has 1 atom stereocenters. The van der Waals surface area contributed by atoms with Crippen molar-refractivity contribution in [2.45, 2.75) is 23.1 Å². The molecule has 0 saturated carbocycles. The van der Waals surface area contributed by atoms with Crippen molar-refractivity contribution < 1.29 is 22.7 Å². The number of sulfonamides is 1. The van der Waals surface area contributed by atoms with Gasteiger partial charge in [-0.05, 0) is 42.5 Å². The predicted molar refractivity (Wildman–Crippen MR) is 123 cm³/mol. The summed E-state index contributed by atoms with van der Waals surface area (Å²) in [6, 6.07) is 9.01. The van der Waals surface area contributed by atoms with Crippen LogP contribution in [-0.4, -0.2) is 81.9 Å². The van der Waals surface area contributed by atoms with Gasteiger partial charge < -0.3 is 14.4 Å². The Kier molecular flexibility index (Phi) is 7.04. The number of nitrogens with zero attached hydrogens (tertiary/aromatic N) is 3. The average molecular weight is 480 g/mol. The van der Waals surface area contributed by atoms with E-state index in [4.69, 9.17) is 9.47 Å². The monoisotopic (exact) mass is 479 g/mol. The van der Waals surface area contributed by atoms with Gasteiger partial charge in [-0.1, -0.05) is 6.07 Å². The van der Waals surface area contributed by atoms with E-state index in [-0.39, 0.29) is 18.5 Å². The highest BCUT2D eigenvalue weighted by atomic mass is 32.2. The Labute approximate surface area is 193 Å². The zero-order valence-corrected chi connectivity index (χ0v) is 20.0. The fourth-order valence-electron chi connectivity index (χ4n) is 4.44. The van der Waals surface area contributed by atoms with Crippen LogP contribution in [-0.2, 0) is 14.8 Å². The molecule has 2 fully saturated rings. The highest BCUT2D eigenvalue weighted by molar-refractivity contribution is 7.91. The molecule has 3 heterocycles. The molecule has 1 aromatic heterocycles. The van der Waals surface area contributed by atoms with Gasteiger partial charge in [-0.25, -0.2) is 8.42 Å². The third-order valence-electron chi connectivity index (χ3n) is 6.15. The molecule has 0 N–H and O–H groups in total. The zero-order valence-electron chi connectivity index (χ0n) is 18.4. The molecule has 0 radical (unpaired) electrons. The molecular weight excluding hydrogens is 450 g/mol. The summed E-state index contributed by atoms with van der Waals surface area (Å²) in [5, 5.41) is 1.77. The topological polar surface area (TPSA) is 79.4 Å². The minimum Gasteiger partial charge on any atom is -0.497 e. The van der Waals surface area contributed by atoms with Crippen LogP contribution in [0.4, 0.5) is 0 Å². The molecule has 1 amide bonds. The Bertz CT molecular complexity index is 1030. The van der Waals surface area contributed by atoms with E-state index in [1.54, 1.807) is 31.7 Å². The molecule has 32 heavy (non-hydrogen) atoms. The largest absolute Gasteiger partial charge is 0.497 e. The van der Waals surface area contributed by atoms with E-state index < -0.39 is 10.0 Å². The number of benzene rings is 1. The number of hydrogen-bond acceptors (Lipinski definition) is 7. The van der Waals surface area contributed by atoms with E-state index >= 15 is 0 Å². The van der Waals surface area contributed by atoms with E-state index in [0.717, 1.165) is 29.9 Å². The number of thiophene rings is 1. The van der Waals surface area contributed by atoms with Crippen LogP contribution < -0.4 is 9.47 Å². The van der Waals surface area contributed by atoms with Crippen LogP contribution in [0.3, 0.4) is 0 Å². The fourth-order valence-corrected chi connectivity index (χ4v) is 7.00. The number of methoxy groups -OCH3 is 2. The van der Waals surface area contributed by atoms with Gasteiger partial charge in [-0.3, -0.25) is 9.69 Å². The van der Waals surface area contributed by atoms with Gasteiger partial charge in [0.2, 0.25) is 5.91 Å². The summed E-state index contributed by atoms with van der Waals surface area (Å²) in [4.78, 5) is 17.2. The zero-order chi connectivity index (χ0) is 22.7. The van der Waals surface area contributed by atoms with Gasteiger partial charge in [0.15, 0.2) is 0 Å². The second kappa shape index (κ2) is 9.78. The molecule has 2 aliphatic heterocycles. The summed E-state index contributed by atoms with van der Waals surface area (Å²) in [7, 11) is -0.180. The normalized spacial score (nSPS) is 20.4. The first kappa shape index (κ1) is 23.0. The standard InChI is InChI=1S/C22H29N3O5S2/c1-29-17-7-8-20(30-2)18(15-17)19-5-3-9-25(19)21(26)16-23-10-12-24(13-11-23)32(27,28)22-6-4-14-31-22/h4,6-8,14-15,19H,3,5,9-13,16H2,1-2H3. The highest BCUT2D eigenvalue weighted by Gasteiger charge is 2.34. The Hall–Kier alpha value is -2.14. The second-order valence-corrected chi connectivity index (χ2v) is 11.1. The van der Waals surface area contributed by atoms with E-state index in [2.05, 4.69) is 0 Å². The van der Waals surface area contributed by atoms with Crippen LogP contribution in [0.1, 0.15) is 24.4 Å². The van der Waals surface area contributed by atoms with Crippen LogP contribution in [0.5, 0.6) is 11.5 Å². The van der Waals surface area contributed by atoms with Gasteiger partial charge in [-0.15, -0.1) is 11.3 Å². The lowest BCUT2D eigenvalue weighted by atomic mass is 10.0. The van der Waals surface area contributed by atoms with Crippen molar-refractivity contribution in [3.63, 3.8) is 0 Å². The first-order valence-electron chi connectivity index (χ1n) is 10.7. The molecule has 0 spiro atoms. The van der Waals surface area contributed by atoms with Crippen molar-refractivity contribution in [1.82, 2.24) is 14.1 Å². The summed E-state index contributed by atoms with van der Waals surface area (Å²) < 4.78 is 38.2. The van der Waals surface area contributed by atoms with E-state index in [0.29, 0.717) is 36.9 Å². The molecule has 2 aliphatic rings. The predicted octanol–water partition coefficient (Wildman–Crippen LogP) is 2.44. The number of amides is 1. The van der Waals surface area contributed by atoms with Crippen LogP contribution in [0.15, 0.2) is 39.9 Å². The maximum atomic E-state index is 13.2. The Morgan fingerprint density at radius 1 is 1.09 bits per heavy atom. The van der Waals surface area contributed by atoms with Crippen molar-refractivity contribution in [3.8, 4) is 11.5 Å². The smallest absolute Gasteiger partial charge is 0.252 e. The van der Waals surface area contributed by atoms with E-state index in [1.165, 1.54) is 15.6 Å². The van der Waals surface area contributed by atoms with Crippen molar-refractivity contribution in [2.24, 2.45) is 0 Å². The minimum absolute atomic E-state index is 0.0481. The van der Waals surface area contributed by atoms with Crippen molar-refractivity contribution >= 4 is 27.3 Å². The number of hydrogen-bond donors (Lipinski definition) is 0.